The monoisotopic (exact) mass is 263 g/mol. The van der Waals surface area contributed by atoms with E-state index >= 15 is 0 Å². The van der Waals surface area contributed by atoms with E-state index < -0.39 is 0 Å². The Bertz CT molecular complexity index is 364. The maximum absolute atomic E-state index is 5.72. The fourth-order valence-corrected chi connectivity index (χ4v) is 2.49. The first-order chi connectivity index (χ1) is 9.16. The van der Waals surface area contributed by atoms with Gasteiger partial charge in [0.05, 0.1) is 12.2 Å². The van der Waals surface area contributed by atoms with Crippen LogP contribution in [0.15, 0.2) is 30.3 Å². The molecule has 0 bridgehead atoms. The third-order valence-electron chi connectivity index (χ3n) is 3.46. The second-order valence-corrected chi connectivity index (χ2v) is 5.77. The summed E-state index contributed by atoms with van der Waals surface area (Å²) in [5.74, 6) is 0.953. The van der Waals surface area contributed by atoms with Crippen molar-refractivity contribution in [3.8, 4) is 5.75 Å². The molecule has 1 fully saturated rings. The molecule has 1 saturated heterocycles. The maximum Gasteiger partial charge on any atom is 0.119 e. The molecule has 106 valence electrons. The molecule has 1 aliphatic heterocycles. The first-order valence-electron chi connectivity index (χ1n) is 7.21. The summed E-state index contributed by atoms with van der Waals surface area (Å²) in [6.45, 7) is 6.97. The van der Waals surface area contributed by atoms with Crippen LogP contribution in [0.4, 0.5) is 0 Å². The van der Waals surface area contributed by atoms with E-state index in [-0.39, 0.29) is 5.60 Å². The lowest BCUT2D eigenvalue weighted by Gasteiger charge is -2.36. The highest BCUT2D eigenvalue weighted by molar-refractivity contribution is 5.20. The lowest BCUT2D eigenvalue weighted by atomic mass is 9.94. The number of rotatable bonds is 6. The summed E-state index contributed by atoms with van der Waals surface area (Å²) in [5, 5.41) is 3.60. The summed E-state index contributed by atoms with van der Waals surface area (Å²) in [6, 6.07) is 10.6. The Morgan fingerprint density at radius 2 is 2.11 bits per heavy atom. The molecule has 19 heavy (non-hydrogen) atoms. The van der Waals surface area contributed by atoms with Crippen molar-refractivity contribution in [1.29, 1.82) is 0 Å². The summed E-state index contributed by atoms with van der Waals surface area (Å²) < 4.78 is 11.4. The van der Waals surface area contributed by atoms with Crippen LogP contribution in [0.1, 0.15) is 33.1 Å². The molecule has 1 N–H and O–H groups in total. The van der Waals surface area contributed by atoms with Crippen LogP contribution >= 0.6 is 0 Å². The van der Waals surface area contributed by atoms with Gasteiger partial charge in [0.25, 0.3) is 0 Å². The van der Waals surface area contributed by atoms with Crippen LogP contribution in [0.3, 0.4) is 0 Å². The van der Waals surface area contributed by atoms with E-state index in [1.807, 2.05) is 30.3 Å². The molecule has 3 heteroatoms. The topological polar surface area (TPSA) is 30.5 Å². The van der Waals surface area contributed by atoms with Crippen LogP contribution in [-0.2, 0) is 4.74 Å². The van der Waals surface area contributed by atoms with Crippen LogP contribution in [0.2, 0.25) is 0 Å². The lowest BCUT2D eigenvalue weighted by Crippen LogP contribution is -2.44. The van der Waals surface area contributed by atoms with Crippen LogP contribution < -0.4 is 10.1 Å². The van der Waals surface area contributed by atoms with Gasteiger partial charge in [0.2, 0.25) is 0 Å². The van der Waals surface area contributed by atoms with Gasteiger partial charge in [0, 0.05) is 12.6 Å². The van der Waals surface area contributed by atoms with Gasteiger partial charge >= 0.3 is 0 Å². The van der Waals surface area contributed by atoms with Crippen LogP contribution in [0.25, 0.3) is 0 Å². The third-order valence-corrected chi connectivity index (χ3v) is 3.46. The lowest BCUT2D eigenvalue weighted by molar-refractivity contribution is -0.0628. The molecule has 1 heterocycles. The van der Waals surface area contributed by atoms with Crippen molar-refractivity contribution in [1.82, 2.24) is 5.32 Å². The molecule has 0 aliphatic carbocycles. The van der Waals surface area contributed by atoms with Gasteiger partial charge in [-0.3, -0.25) is 0 Å². The van der Waals surface area contributed by atoms with Crippen molar-refractivity contribution in [3.05, 3.63) is 30.3 Å². The van der Waals surface area contributed by atoms with Gasteiger partial charge < -0.3 is 14.8 Å². The van der Waals surface area contributed by atoms with Gasteiger partial charge in [-0.2, -0.15) is 0 Å². The van der Waals surface area contributed by atoms with Crippen molar-refractivity contribution in [3.63, 3.8) is 0 Å². The van der Waals surface area contributed by atoms with E-state index in [2.05, 4.69) is 19.2 Å². The fourth-order valence-electron chi connectivity index (χ4n) is 2.49. The Morgan fingerprint density at radius 1 is 1.32 bits per heavy atom. The molecule has 1 aliphatic rings. The highest BCUT2D eigenvalue weighted by Crippen LogP contribution is 2.23. The minimum Gasteiger partial charge on any atom is -0.494 e. The first-order valence-corrected chi connectivity index (χ1v) is 7.21. The quantitative estimate of drug-likeness (QED) is 0.800. The van der Waals surface area contributed by atoms with Crippen molar-refractivity contribution < 1.29 is 9.47 Å². The van der Waals surface area contributed by atoms with Crippen molar-refractivity contribution in [2.45, 2.75) is 44.8 Å². The second-order valence-electron chi connectivity index (χ2n) is 5.77. The van der Waals surface area contributed by atoms with Gasteiger partial charge in [0.15, 0.2) is 0 Å². The number of nitrogens with one attached hydrogen (secondary N) is 1. The smallest absolute Gasteiger partial charge is 0.119 e. The Hall–Kier alpha value is -1.06. The van der Waals surface area contributed by atoms with E-state index in [9.17, 15) is 0 Å². The number of hydrogen-bond donors (Lipinski definition) is 1. The minimum atomic E-state index is 0.0243. The standard InChI is InChI=1S/C16H25NO2/c1-16(2)13-14(9-12-19-16)17-10-6-11-18-15-7-4-3-5-8-15/h3-5,7-8,14,17H,6,9-13H2,1-2H3. The Balaban J connectivity index is 1.57. The highest BCUT2D eigenvalue weighted by Gasteiger charge is 2.28. The average Bonchev–Trinajstić information content (AvgIpc) is 2.38. The highest BCUT2D eigenvalue weighted by atomic mass is 16.5. The van der Waals surface area contributed by atoms with E-state index in [1.54, 1.807) is 0 Å². The van der Waals surface area contributed by atoms with Gasteiger partial charge in [-0.25, -0.2) is 0 Å². The molecule has 0 amide bonds. The first kappa shape index (κ1) is 14.4. The van der Waals surface area contributed by atoms with Crippen molar-refractivity contribution in [2.75, 3.05) is 19.8 Å². The number of hydrogen-bond acceptors (Lipinski definition) is 3. The molecular formula is C16H25NO2. The Labute approximate surface area is 116 Å². The van der Waals surface area contributed by atoms with Crippen LogP contribution in [-0.4, -0.2) is 31.4 Å². The average molecular weight is 263 g/mol. The number of para-hydroxylation sites is 1. The zero-order chi connectivity index (χ0) is 13.6. The van der Waals surface area contributed by atoms with Crippen molar-refractivity contribution >= 4 is 0 Å². The Kier molecular flexibility index (Phi) is 5.23. The number of benzene rings is 1. The summed E-state index contributed by atoms with van der Waals surface area (Å²) in [7, 11) is 0. The predicted molar refractivity (Wildman–Crippen MR) is 77.6 cm³/mol. The summed E-state index contributed by atoms with van der Waals surface area (Å²) in [4.78, 5) is 0. The van der Waals surface area contributed by atoms with Gasteiger partial charge in [-0.1, -0.05) is 18.2 Å². The maximum atomic E-state index is 5.72. The molecule has 3 nitrogen and oxygen atoms in total. The van der Waals surface area contributed by atoms with Crippen LogP contribution in [0, 0.1) is 0 Å². The molecule has 2 rings (SSSR count). The summed E-state index contributed by atoms with van der Waals surface area (Å²) >= 11 is 0. The zero-order valence-corrected chi connectivity index (χ0v) is 12.0. The van der Waals surface area contributed by atoms with Gasteiger partial charge in [0.1, 0.15) is 5.75 Å². The molecule has 1 unspecified atom stereocenters. The molecule has 0 radical (unpaired) electrons. The molecular weight excluding hydrogens is 238 g/mol. The van der Waals surface area contributed by atoms with E-state index in [1.165, 1.54) is 0 Å². The normalized spacial score (nSPS) is 22.1. The van der Waals surface area contributed by atoms with E-state index in [0.29, 0.717) is 6.04 Å². The predicted octanol–water partition coefficient (Wildman–Crippen LogP) is 3.00. The van der Waals surface area contributed by atoms with E-state index in [4.69, 9.17) is 9.47 Å². The molecule has 1 aromatic carbocycles. The molecule has 0 saturated carbocycles. The summed E-state index contributed by atoms with van der Waals surface area (Å²) in [5.41, 5.74) is 0.0243. The third kappa shape index (κ3) is 5.21. The fraction of sp³-hybridized carbons (Fsp3) is 0.625. The molecule has 1 aromatic rings. The molecule has 0 aromatic heterocycles. The molecule has 1 atom stereocenters. The Morgan fingerprint density at radius 3 is 2.84 bits per heavy atom. The zero-order valence-electron chi connectivity index (χ0n) is 12.0. The largest absolute Gasteiger partial charge is 0.494 e. The minimum absolute atomic E-state index is 0.0243. The van der Waals surface area contributed by atoms with Gasteiger partial charge in [-0.05, 0) is 51.8 Å². The second kappa shape index (κ2) is 6.92. The van der Waals surface area contributed by atoms with Crippen molar-refractivity contribution in [2.24, 2.45) is 0 Å². The van der Waals surface area contributed by atoms with Crippen LogP contribution in [0.5, 0.6) is 5.75 Å². The van der Waals surface area contributed by atoms with E-state index in [0.717, 1.165) is 44.8 Å². The SMILES string of the molecule is CC1(C)CC(NCCCOc2ccccc2)CCO1. The molecule has 0 spiro atoms. The summed E-state index contributed by atoms with van der Waals surface area (Å²) in [6.07, 6.45) is 3.24. The number of ether oxygens (including phenoxy) is 2. The van der Waals surface area contributed by atoms with Gasteiger partial charge in [-0.15, -0.1) is 0 Å².